The van der Waals surface area contributed by atoms with E-state index >= 15 is 0 Å². The number of ether oxygens (including phenoxy) is 8. The first-order valence-electron chi connectivity index (χ1n) is 22.8. The highest BCUT2D eigenvalue weighted by Crippen LogP contribution is 2.44. The lowest BCUT2D eigenvalue weighted by Gasteiger charge is -2.50. The average Bonchev–Trinajstić information content (AvgIpc) is 3.29. The van der Waals surface area contributed by atoms with Gasteiger partial charge in [-0.2, -0.15) is 0 Å². The van der Waals surface area contributed by atoms with Crippen molar-refractivity contribution in [3.05, 3.63) is 12.2 Å². The van der Waals surface area contributed by atoms with Crippen molar-refractivity contribution >= 4 is 5.97 Å². The van der Waals surface area contributed by atoms with Crippen LogP contribution in [0, 0.1) is 17.8 Å². The fraction of sp³-hybridized carbons (Fsp3) is 0.929. The highest BCUT2D eigenvalue weighted by atomic mass is 16.8. The molecule has 7 fully saturated rings. The van der Waals surface area contributed by atoms with Gasteiger partial charge in [0.1, 0.15) is 86.0 Å². The average molecular weight is 942 g/mol. The quantitative estimate of drug-likeness (QED) is 0.0464. The van der Waals surface area contributed by atoms with Crippen LogP contribution in [0.2, 0.25) is 0 Å². The molecule has 0 aromatic heterocycles. The molecule has 0 bridgehead atoms. The van der Waals surface area contributed by atoms with Gasteiger partial charge in [0.25, 0.3) is 0 Å². The van der Waals surface area contributed by atoms with Crippen molar-refractivity contribution in [3.8, 4) is 0 Å². The van der Waals surface area contributed by atoms with Gasteiger partial charge in [0, 0.05) is 24.8 Å². The molecule has 3 saturated carbocycles. The van der Waals surface area contributed by atoms with Crippen LogP contribution < -0.4 is 0 Å². The predicted molar refractivity (Wildman–Crippen MR) is 213 cm³/mol. The number of hydrogen-bond acceptors (Lipinski definition) is 22. The summed E-state index contributed by atoms with van der Waals surface area (Å²) < 4.78 is 46.7. The van der Waals surface area contributed by atoms with Crippen LogP contribution in [0.1, 0.15) is 64.2 Å². The van der Waals surface area contributed by atoms with Crippen LogP contribution in [0.25, 0.3) is 0 Å². The van der Waals surface area contributed by atoms with Crippen molar-refractivity contribution in [1.82, 2.24) is 0 Å². The molecular weight excluding hydrogens is 872 g/mol. The molecule has 7 aliphatic rings. The topological polar surface area (TPSA) is 378 Å². The first-order valence-corrected chi connectivity index (χ1v) is 22.8. The van der Waals surface area contributed by atoms with Crippen LogP contribution in [-0.2, 0) is 38.0 Å². The maximum absolute atomic E-state index is 12.6. The second-order valence-electron chi connectivity index (χ2n) is 18.9. The minimum absolute atomic E-state index is 0.00393. The third-order valence-corrected chi connectivity index (χ3v) is 14.4. The van der Waals surface area contributed by atoms with E-state index in [0.717, 1.165) is 0 Å². The van der Waals surface area contributed by atoms with Crippen molar-refractivity contribution in [3.63, 3.8) is 0 Å². The predicted octanol–water partition coefficient (Wildman–Crippen LogP) is -6.20. The van der Waals surface area contributed by atoms with Gasteiger partial charge in [-0.25, -0.2) is 4.79 Å². The van der Waals surface area contributed by atoms with Gasteiger partial charge in [0.05, 0.1) is 49.7 Å². The number of aliphatic hydroxyl groups excluding tert-OH is 14. The summed E-state index contributed by atoms with van der Waals surface area (Å²) in [6.45, 7) is -2.11. The van der Waals surface area contributed by atoms with E-state index in [1.54, 1.807) is 6.08 Å². The molecule has 23 heteroatoms. The number of carbonyl (C=O) groups is 1. The Bertz CT molecular complexity index is 1530. The van der Waals surface area contributed by atoms with E-state index in [1.165, 1.54) is 6.08 Å². The summed E-state index contributed by atoms with van der Waals surface area (Å²) in [4.78, 5) is 12.6. The molecule has 0 spiro atoms. The third kappa shape index (κ3) is 11.7. The van der Waals surface area contributed by atoms with Crippen molar-refractivity contribution in [1.29, 1.82) is 0 Å². The Balaban J connectivity index is 1.10. The van der Waals surface area contributed by atoms with Crippen molar-refractivity contribution in [2.75, 3.05) is 19.8 Å². The Morgan fingerprint density at radius 3 is 1.78 bits per heavy atom. The van der Waals surface area contributed by atoms with Crippen LogP contribution >= 0.6 is 0 Å². The summed E-state index contributed by atoms with van der Waals surface area (Å²) in [6, 6.07) is 0. The Kier molecular flexibility index (Phi) is 17.7. The fourth-order valence-corrected chi connectivity index (χ4v) is 10.5. The molecule has 65 heavy (non-hydrogen) atoms. The van der Waals surface area contributed by atoms with Crippen LogP contribution in [0.4, 0.5) is 0 Å². The number of aliphatic hydroxyl groups is 16. The second kappa shape index (κ2) is 22.4. The summed E-state index contributed by atoms with van der Waals surface area (Å²) in [7, 11) is 0. The molecule has 24 atom stereocenters. The maximum Gasteiger partial charge on any atom is 0.330 e. The van der Waals surface area contributed by atoms with E-state index in [9.17, 15) is 76.3 Å². The third-order valence-electron chi connectivity index (χ3n) is 14.4. The number of esters is 1. The number of rotatable bonds is 13. The molecule has 0 amide bonds. The highest BCUT2D eigenvalue weighted by Gasteiger charge is 2.58. The molecular formula is C42H69O23+. The lowest BCUT2D eigenvalue weighted by Crippen LogP contribution is -2.66. The number of allylic oxidation sites excluding steroid dienone is 1. The maximum atomic E-state index is 12.6. The summed E-state index contributed by atoms with van der Waals surface area (Å²) in [5.74, 6) is -1.74. The normalized spacial score (nSPS) is 51.0. The molecule has 0 aromatic carbocycles. The van der Waals surface area contributed by atoms with Crippen LogP contribution in [0.5, 0.6) is 0 Å². The van der Waals surface area contributed by atoms with Crippen LogP contribution in [0.15, 0.2) is 12.2 Å². The fourth-order valence-electron chi connectivity index (χ4n) is 10.5. The largest absolute Gasteiger partial charge is 0.460 e. The standard InChI is InChI=1S/C42H68O23/c43-13-26-30(50)33(53)36(56)40(62-26)60-24-11-19(46)10-23-20(24)12-25(38(59-23)17-4-7-21(47)22(48)9-17)61-42-39(35(55)31(51)27(14-44)63-42)65-41-37(57)34(54)32(52)28(64-41)15-58-29(49)8-3-16-1-5-18(45)6-2-16/h3,8,16-28,30-48,50-57H,1-2,4-7,9-15H2/p+1/t16?,17?,18?,19?,20?,21?,22?,23?,24?,25?,26-,27-,28-,30-,31-,32-,33+,34+,35+,36-,37-,38?,39-,40-,41+,42-/m1/s1. The van der Waals surface area contributed by atoms with Crippen molar-refractivity contribution < 1.29 is 114 Å². The minimum Gasteiger partial charge on any atom is -0.460 e. The zero-order valence-electron chi connectivity index (χ0n) is 35.8. The van der Waals surface area contributed by atoms with E-state index in [1.807, 2.05) is 0 Å². The lowest BCUT2D eigenvalue weighted by atomic mass is 9.72. The van der Waals surface area contributed by atoms with E-state index in [4.69, 9.17) is 37.9 Å². The molecule has 9 unspecified atom stereocenters. The van der Waals surface area contributed by atoms with E-state index in [-0.39, 0.29) is 44.1 Å². The van der Waals surface area contributed by atoms with E-state index in [2.05, 4.69) is 0 Å². The molecule has 7 rings (SSSR count). The Morgan fingerprint density at radius 2 is 1.14 bits per heavy atom. The summed E-state index contributed by atoms with van der Waals surface area (Å²) in [5.41, 5.74) is 0. The van der Waals surface area contributed by atoms with Gasteiger partial charge < -0.3 is 109 Å². The number of fused-ring (bicyclic) bond motifs is 1. The highest BCUT2D eigenvalue weighted by molar-refractivity contribution is 5.81. The smallest absolute Gasteiger partial charge is 0.330 e. The van der Waals surface area contributed by atoms with Crippen molar-refractivity contribution in [2.45, 2.75) is 205 Å². The lowest BCUT2D eigenvalue weighted by molar-refractivity contribution is -0.390. The molecule has 4 heterocycles. The van der Waals surface area contributed by atoms with Gasteiger partial charge >= 0.3 is 5.97 Å². The summed E-state index contributed by atoms with van der Waals surface area (Å²) in [5, 5.41) is 149. The second-order valence-corrected chi connectivity index (χ2v) is 18.9. The molecule has 15 N–H and O–H groups in total. The first kappa shape index (κ1) is 51.2. The molecule has 4 aliphatic heterocycles. The Morgan fingerprint density at radius 1 is 0.554 bits per heavy atom. The van der Waals surface area contributed by atoms with E-state index in [0.29, 0.717) is 32.1 Å². The SMILES string of the molecule is O=C(C=CC1CCC(O)CC1)OC[C@H]1O[C@@H](O[C@H]2[C@H](OC3CC4C(O[C@@H]5O[C@H](CO)[C@@H](O)[C@H](O)[C@H]5O)CC(O)CC4[OH+]C3C3CCC(O)C(O)C3)O[C@H](CO)[C@@H](O)[C@@H]2O)[C@H](O)[C@@H](O)[C@@H]1O. The van der Waals surface area contributed by atoms with Gasteiger partial charge in [-0.05, 0) is 57.3 Å². The van der Waals surface area contributed by atoms with Gasteiger partial charge in [-0.15, -0.1) is 0 Å². The molecule has 0 radical (unpaired) electrons. The molecule has 23 nitrogen and oxygen atoms in total. The van der Waals surface area contributed by atoms with E-state index < -0.39 is 172 Å². The van der Waals surface area contributed by atoms with Crippen molar-refractivity contribution in [2.24, 2.45) is 17.8 Å². The Hall–Kier alpha value is -1.63. The van der Waals surface area contributed by atoms with Crippen LogP contribution in [-0.4, -0.2) is 243 Å². The van der Waals surface area contributed by atoms with Crippen LogP contribution in [0.3, 0.4) is 0 Å². The molecule has 3 aliphatic carbocycles. The number of carbonyl (C=O) groups excluding carboxylic acids is 1. The summed E-state index contributed by atoms with van der Waals surface area (Å²) >= 11 is 0. The van der Waals surface area contributed by atoms with Gasteiger partial charge in [-0.1, -0.05) is 6.08 Å². The monoisotopic (exact) mass is 941 g/mol. The molecule has 0 aromatic rings. The summed E-state index contributed by atoms with van der Waals surface area (Å²) in [6.07, 6.45) is -25.9. The van der Waals surface area contributed by atoms with Gasteiger partial charge in [-0.3, -0.25) is 0 Å². The zero-order valence-corrected chi connectivity index (χ0v) is 35.8. The zero-order chi connectivity index (χ0) is 46.9. The first-order chi connectivity index (χ1) is 31.0. The minimum atomic E-state index is -1.97. The van der Waals surface area contributed by atoms with Gasteiger partial charge in [0.2, 0.25) is 0 Å². The number of hydrogen-bond donors (Lipinski definition) is 14. The molecule has 374 valence electrons. The van der Waals surface area contributed by atoms with Gasteiger partial charge in [0.15, 0.2) is 31.1 Å². The molecule has 4 saturated heterocycles. The Labute approximate surface area is 374 Å².